The van der Waals surface area contributed by atoms with Gasteiger partial charge in [0.15, 0.2) is 5.75 Å². The molecule has 2 aromatic carbocycles. The second-order valence-electron chi connectivity index (χ2n) is 5.92. The molecule has 0 aliphatic carbocycles. The molecular weight excluding hydrogens is 424 g/mol. The van der Waals surface area contributed by atoms with Crippen molar-refractivity contribution < 1.29 is 36.3 Å². The first-order valence-corrected chi connectivity index (χ1v) is 10.8. The Morgan fingerprint density at radius 2 is 1.57 bits per heavy atom. The van der Waals surface area contributed by atoms with Crippen molar-refractivity contribution in [2.75, 3.05) is 23.8 Å². The SMILES string of the molecule is CCOP(=O)(Cc1ccc(NC(=O)Nc2ccccc2OC(F)(F)F)cc1)OCC. The number of urea groups is 1. The van der Waals surface area contributed by atoms with E-state index >= 15 is 0 Å². The average Bonchev–Trinajstić information content (AvgIpc) is 2.64. The Kier molecular flexibility index (Phi) is 8.28. The summed E-state index contributed by atoms with van der Waals surface area (Å²) in [5, 5.41) is 4.81. The minimum Gasteiger partial charge on any atom is -0.404 e. The van der Waals surface area contributed by atoms with Crippen LogP contribution in [0.25, 0.3) is 0 Å². The van der Waals surface area contributed by atoms with Gasteiger partial charge in [0, 0.05) is 5.69 Å². The van der Waals surface area contributed by atoms with Crippen molar-refractivity contribution in [2.45, 2.75) is 26.4 Å². The molecule has 0 saturated heterocycles. The summed E-state index contributed by atoms with van der Waals surface area (Å²) < 4.78 is 64.3. The molecule has 2 rings (SSSR count). The van der Waals surface area contributed by atoms with Crippen LogP contribution in [0.3, 0.4) is 0 Å². The Hall–Kier alpha value is -2.55. The highest BCUT2D eigenvalue weighted by Gasteiger charge is 2.32. The van der Waals surface area contributed by atoms with Gasteiger partial charge < -0.3 is 24.4 Å². The molecule has 2 N–H and O–H groups in total. The zero-order chi connectivity index (χ0) is 22.2. The number of alkyl halides is 3. The number of ether oxygens (including phenoxy) is 1. The van der Waals surface area contributed by atoms with Crippen molar-refractivity contribution in [3.05, 3.63) is 54.1 Å². The number of carbonyl (C=O) groups is 1. The molecule has 0 bridgehead atoms. The summed E-state index contributed by atoms with van der Waals surface area (Å²) in [4.78, 5) is 12.1. The summed E-state index contributed by atoms with van der Waals surface area (Å²) >= 11 is 0. The molecule has 0 radical (unpaired) electrons. The highest BCUT2D eigenvalue weighted by Crippen LogP contribution is 2.51. The number of halogens is 3. The van der Waals surface area contributed by atoms with Gasteiger partial charge in [-0.25, -0.2) is 4.79 Å². The zero-order valence-corrected chi connectivity index (χ0v) is 17.3. The van der Waals surface area contributed by atoms with Crippen molar-refractivity contribution in [1.29, 1.82) is 0 Å². The van der Waals surface area contributed by atoms with Crippen LogP contribution in [-0.2, 0) is 19.8 Å². The third kappa shape index (κ3) is 7.70. The van der Waals surface area contributed by atoms with E-state index < -0.39 is 25.7 Å². The second kappa shape index (κ2) is 10.5. The van der Waals surface area contributed by atoms with Crippen LogP contribution in [0.5, 0.6) is 5.75 Å². The van der Waals surface area contributed by atoms with Gasteiger partial charge in [-0.15, -0.1) is 13.2 Å². The van der Waals surface area contributed by atoms with Gasteiger partial charge >= 0.3 is 20.0 Å². The number of hydrogen-bond donors (Lipinski definition) is 2. The smallest absolute Gasteiger partial charge is 0.404 e. The molecule has 7 nitrogen and oxygen atoms in total. The van der Waals surface area contributed by atoms with E-state index in [9.17, 15) is 22.5 Å². The van der Waals surface area contributed by atoms with E-state index in [0.717, 1.165) is 6.07 Å². The number of nitrogens with one attached hydrogen (secondary N) is 2. The maximum Gasteiger partial charge on any atom is 0.573 e. The van der Waals surface area contributed by atoms with Gasteiger partial charge in [-0.2, -0.15) is 0 Å². The first-order valence-electron chi connectivity index (χ1n) is 9.04. The third-order valence-electron chi connectivity index (χ3n) is 3.60. The summed E-state index contributed by atoms with van der Waals surface area (Å²) in [5.74, 6) is -0.530. The van der Waals surface area contributed by atoms with E-state index in [-0.39, 0.29) is 25.1 Å². The maximum atomic E-state index is 12.6. The van der Waals surface area contributed by atoms with Crippen molar-refractivity contribution in [3.63, 3.8) is 0 Å². The molecule has 0 aromatic heterocycles. The molecule has 2 aromatic rings. The fraction of sp³-hybridized carbons (Fsp3) is 0.316. The normalized spacial score (nSPS) is 11.8. The Balaban J connectivity index is 2.01. The topological polar surface area (TPSA) is 85.9 Å². The first-order chi connectivity index (χ1) is 14.1. The van der Waals surface area contributed by atoms with Crippen molar-refractivity contribution >= 4 is 25.0 Å². The Bertz CT molecular complexity index is 880. The third-order valence-corrected chi connectivity index (χ3v) is 5.66. The number of carbonyl (C=O) groups excluding carboxylic acids is 1. The molecule has 164 valence electrons. The van der Waals surface area contributed by atoms with E-state index in [1.807, 2.05) is 0 Å². The van der Waals surface area contributed by atoms with Gasteiger partial charge in [-0.1, -0.05) is 24.3 Å². The molecular formula is C19H22F3N2O5P. The molecule has 11 heteroatoms. The summed E-state index contributed by atoms with van der Waals surface area (Å²) in [7, 11) is -3.26. The van der Waals surface area contributed by atoms with Crippen LogP contribution in [0.2, 0.25) is 0 Å². The van der Waals surface area contributed by atoms with E-state index in [1.165, 1.54) is 18.2 Å². The number of anilines is 2. The lowest BCUT2D eigenvalue weighted by molar-refractivity contribution is -0.274. The lowest BCUT2D eigenvalue weighted by Gasteiger charge is -2.17. The van der Waals surface area contributed by atoms with Crippen LogP contribution in [-0.4, -0.2) is 25.6 Å². The van der Waals surface area contributed by atoms with Gasteiger partial charge in [-0.05, 0) is 43.7 Å². The van der Waals surface area contributed by atoms with Crippen molar-refractivity contribution in [1.82, 2.24) is 0 Å². The molecule has 0 aliphatic rings. The van der Waals surface area contributed by atoms with E-state index in [1.54, 1.807) is 38.1 Å². The van der Waals surface area contributed by atoms with Crippen LogP contribution in [0.1, 0.15) is 19.4 Å². The van der Waals surface area contributed by atoms with Crippen LogP contribution in [0.15, 0.2) is 48.5 Å². The Morgan fingerprint density at radius 3 is 2.13 bits per heavy atom. The second-order valence-corrected chi connectivity index (χ2v) is 7.98. The minimum atomic E-state index is -4.88. The van der Waals surface area contributed by atoms with Gasteiger partial charge in [0.05, 0.1) is 25.1 Å². The lowest BCUT2D eigenvalue weighted by Crippen LogP contribution is -2.22. The quantitative estimate of drug-likeness (QED) is 0.462. The lowest BCUT2D eigenvalue weighted by atomic mass is 10.2. The Morgan fingerprint density at radius 1 is 0.967 bits per heavy atom. The molecule has 0 spiro atoms. The molecule has 0 heterocycles. The number of hydrogen-bond acceptors (Lipinski definition) is 5. The predicted molar refractivity (Wildman–Crippen MR) is 107 cm³/mol. The summed E-state index contributed by atoms with van der Waals surface area (Å²) in [6, 6.07) is 10.8. The molecule has 2 amide bonds. The fourth-order valence-corrected chi connectivity index (χ4v) is 4.21. The molecule has 0 saturated carbocycles. The summed E-state index contributed by atoms with van der Waals surface area (Å²) in [5.41, 5.74) is 0.918. The standard InChI is InChI=1S/C19H22F3N2O5P/c1-3-27-30(26,28-4-2)13-14-9-11-15(12-10-14)23-18(25)24-16-7-5-6-8-17(16)29-19(20,21)22/h5-12H,3-4,13H2,1-2H3,(H2,23,24,25). The predicted octanol–water partition coefficient (Wildman–Crippen LogP) is 6.00. The number of rotatable bonds is 9. The van der Waals surface area contributed by atoms with Crippen LogP contribution in [0.4, 0.5) is 29.3 Å². The summed E-state index contributed by atoms with van der Waals surface area (Å²) in [6.45, 7) is 3.93. The molecule has 30 heavy (non-hydrogen) atoms. The molecule has 0 fully saturated rings. The molecule has 0 atom stereocenters. The van der Waals surface area contributed by atoms with Gasteiger partial charge in [-0.3, -0.25) is 4.57 Å². The van der Waals surface area contributed by atoms with E-state index in [4.69, 9.17) is 9.05 Å². The van der Waals surface area contributed by atoms with Crippen molar-refractivity contribution in [2.24, 2.45) is 0 Å². The number of amides is 2. The van der Waals surface area contributed by atoms with Gasteiger partial charge in [0.25, 0.3) is 0 Å². The number of benzene rings is 2. The van der Waals surface area contributed by atoms with Gasteiger partial charge in [0.1, 0.15) is 0 Å². The first kappa shape index (κ1) is 23.7. The monoisotopic (exact) mass is 446 g/mol. The van der Waals surface area contributed by atoms with E-state index in [2.05, 4.69) is 15.4 Å². The number of para-hydroxylation sites is 2. The minimum absolute atomic E-state index is 0.0727. The largest absolute Gasteiger partial charge is 0.573 e. The van der Waals surface area contributed by atoms with Crippen LogP contribution in [0, 0.1) is 0 Å². The molecule has 0 aliphatic heterocycles. The summed E-state index contributed by atoms with van der Waals surface area (Å²) in [6.07, 6.45) is -4.81. The fourth-order valence-electron chi connectivity index (χ4n) is 2.51. The maximum absolute atomic E-state index is 12.6. The average molecular weight is 446 g/mol. The Labute approximate surface area is 172 Å². The van der Waals surface area contributed by atoms with Crippen LogP contribution >= 0.6 is 7.60 Å². The van der Waals surface area contributed by atoms with Crippen molar-refractivity contribution in [3.8, 4) is 5.75 Å². The highest BCUT2D eigenvalue weighted by molar-refractivity contribution is 7.53. The molecule has 0 unspecified atom stereocenters. The zero-order valence-electron chi connectivity index (χ0n) is 16.4. The van der Waals surface area contributed by atoms with Gasteiger partial charge in [0.2, 0.25) is 0 Å². The van der Waals surface area contributed by atoms with E-state index in [0.29, 0.717) is 11.3 Å². The highest BCUT2D eigenvalue weighted by atomic mass is 31.2. The van der Waals surface area contributed by atoms with Crippen LogP contribution < -0.4 is 15.4 Å².